The zero-order valence-electron chi connectivity index (χ0n) is 16.5. The lowest BCUT2D eigenvalue weighted by atomic mass is 9.67. The molecule has 2 aliphatic rings. The fourth-order valence-electron chi connectivity index (χ4n) is 4.51. The van der Waals surface area contributed by atoms with Crippen LogP contribution >= 0.6 is 12.4 Å². The summed E-state index contributed by atoms with van der Waals surface area (Å²) < 4.78 is 5.44. The van der Waals surface area contributed by atoms with E-state index in [0.717, 1.165) is 44.3 Å². The maximum Gasteiger partial charge on any atom is 0.249 e. The van der Waals surface area contributed by atoms with Crippen molar-refractivity contribution in [3.63, 3.8) is 0 Å². The number of nitrogens with zero attached hydrogens (tertiary/aromatic N) is 2. The van der Waals surface area contributed by atoms with Crippen LogP contribution in [0.15, 0.2) is 28.8 Å². The molecule has 4 rings (SSSR count). The van der Waals surface area contributed by atoms with Gasteiger partial charge in [0.2, 0.25) is 17.6 Å². The second-order valence-corrected chi connectivity index (χ2v) is 7.93. The third-order valence-electron chi connectivity index (χ3n) is 6.27. The van der Waals surface area contributed by atoms with E-state index < -0.39 is 0 Å². The van der Waals surface area contributed by atoms with Gasteiger partial charge in [-0.05, 0) is 44.2 Å². The molecule has 6 nitrogen and oxygen atoms in total. The zero-order chi connectivity index (χ0) is 18.9. The van der Waals surface area contributed by atoms with E-state index in [1.165, 1.54) is 12.0 Å². The van der Waals surface area contributed by atoms with Crippen LogP contribution in [-0.2, 0) is 11.2 Å². The van der Waals surface area contributed by atoms with Crippen LogP contribution < -0.4 is 10.6 Å². The minimum atomic E-state index is -0.300. The second kappa shape index (κ2) is 8.62. The van der Waals surface area contributed by atoms with Crippen molar-refractivity contribution in [3.8, 4) is 11.4 Å². The van der Waals surface area contributed by atoms with Crippen molar-refractivity contribution in [1.82, 2.24) is 20.8 Å². The summed E-state index contributed by atoms with van der Waals surface area (Å²) in [5, 5.41) is 10.7. The van der Waals surface area contributed by atoms with Crippen LogP contribution in [0.4, 0.5) is 0 Å². The average Bonchev–Trinajstić information content (AvgIpc) is 3.36. The summed E-state index contributed by atoms with van der Waals surface area (Å²) in [5.74, 6) is 1.57. The molecular weight excluding hydrogens is 376 g/mol. The molecule has 0 spiro atoms. The Labute approximate surface area is 172 Å². The first-order valence-corrected chi connectivity index (χ1v) is 10.1. The van der Waals surface area contributed by atoms with Crippen LogP contribution in [0.1, 0.15) is 57.0 Å². The highest BCUT2D eigenvalue weighted by atomic mass is 35.5. The number of aryl methyl sites for hydroxylation is 1. The van der Waals surface area contributed by atoms with Crippen molar-refractivity contribution in [2.45, 2.75) is 52.0 Å². The predicted octanol–water partition coefficient (Wildman–Crippen LogP) is 3.68. The Morgan fingerprint density at radius 1 is 1.36 bits per heavy atom. The van der Waals surface area contributed by atoms with Crippen molar-refractivity contribution in [1.29, 1.82) is 0 Å². The Morgan fingerprint density at radius 3 is 2.89 bits per heavy atom. The van der Waals surface area contributed by atoms with Gasteiger partial charge in [0, 0.05) is 12.1 Å². The lowest BCUT2D eigenvalue weighted by molar-refractivity contribution is -0.134. The first kappa shape index (κ1) is 20.8. The van der Waals surface area contributed by atoms with Gasteiger partial charge >= 0.3 is 0 Å². The molecule has 1 aliphatic carbocycles. The smallest absolute Gasteiger partial charge is 0.249 e. The summed E-state index contributed by atoms with van der Waals surface area (Å²) >= 11 is 0. The van der Waals surface area contributed by atoms with E-state index in [0.29, 0.717) is 17.6 Å². The normalized spacial score (nSPS) is 24.9. The molecule has 1 aromatic carbocycles. The van der Waals surface area contributed by atoms with E-state index in [-0.39, 0.29) is 29.8 Å². The molecule has 3 atom stereocenters. The number of nitrogens with one attached hydrogen (secondary N) is 2. The Kier molecular flexibility index (Phi) is 6.40. The average molecular weight is 405 g/mol. The molecule has 2 N–H and O–H groups in total. The van der Waals surface area contributed by atoms with E-state index in [1.807, 2.05) is 19.1 Å². The quantitative estimate of drug-likeness (QED) is 0.794. The number of benzene rings is 1. The molecule has 2 aromatic rings. The molecule has 0 radical (unpaired) electrons. The molecule has 7 heteroatoms. The molecule has 152 valence electrons. The lowest BCUT2D eigenvalue weighted by Crippen LogP contribution is -2.48. The summed E-state index contributed by atoms with van der Waals surface area (Å²) in [6.07, 6.45) is 5.44. The lowest BCUT2D eigenvalue weighted by Gasteiger charge is -2.37. The third kappa shape index (κ3) is 3.80. The maximum atomic E-state index is 13.1. The van der Waals surface area contributed by atoms with E-state index >= 15 is 0 Å². The van der Waals surface area contributed by atoms with E-state index in [2.05, 4.69) is 39.8 Å². The van der Waals surface area contributed by atoms with Gasteiger partial charge in [0.25, 0.3) is 0 Å². The second-order valence-electron chi connectivity index (χ2n) is 7.93. The highest BCUT2D eigenvalue weighted by Crippen LogP contribution is 2.44. The highest BCUT2D eigenvalue weighted by Gasteiger charge is 2.50. The molecule has 1 unspecified atom stereocenters. The number of rotatable bonds is 5. The maximum absolute atomic E-state index is 13.1. The van der Waals surface area contributed by atoms with Crippen molar-refractivity contribution in [2.75, 3.05) is 13.1 Å². The van der Waals surface area contributed by atoms with Crippen LogP contribution in [0.25, 0.3) is 11.4 Å². The van der Waals surface area contributed by atoms with E-state index in [9.17, 15) is 4.79 Å². The van der Waals surface area contributed by atoms with Gasteiger partial charge in [-0.15, -0.1) is 12.4 Å². The fraction of sp³-hybridized carbons (Fsp3) is 0.571. The molecule has 1 saturated carbocycles. The summed E-state index contributed by atoms with van der Waals surface area (Å²) in [5.41, 5.74) is 1.92. The molecule has 1 amide bonds. The topological polar surface area (TPSA) is 80.0 Å². The SMILES string of the molecule is CCc1ccc(-c2noc(C(C)NC(=O)[C@@]34CCCC[C@H]3CNC4)n2)cc1.Cl. The molecule has 1 aliphatic heterocycles. The number of hydrogen-bond donors (Lipinski definition) is 2. The van der Waals surface area contributed by atoms with Gasteiger partial charge in [-0.25, -0.2) is 0 Å². The number of carbonyl (C=O) groups excluding carboxylic acids is 1. The van der Waals surface area contributed by atoms with Gasteiger partial charge in [-0.1, -0.05) is 49.2 Å². The largest absolute Gasteiger partial charge is 0.344 e. The molecule has 2 fully saturated rings. The van der Waals surface area contributed by atoms with Gasteiger partial charge in [0.15, 0.2) is 0 Å². The van der Waals surface area contributed by atoms with Gasteiger partial charge in [-0.2, -0.15) is 4.98 Å². The Hall–Kier alpha value is -1.92. The number of carbonyl (C=O) groups is 1. The Morgan fingerprint density at radius 2 is 2.14 bits per heavy atom. The molecule has 28 heavy (non-hydrogen) atoms. The first-order valence-electron chi connectivity index (χ1n) is 10.1. The summed E-state index contributed by atoms with van der Waals surface area (Å²) in [7, 11) is 0. The van der Waals surface area contributed by atoms with Crippen LogP contribution in [0.2, 0.25) is 0 Å². The number of aromatic nitrogens is 2. The van der Waals surface area contributed by atoms with Gasteiger partial charge in [-0.3, -0.25) is 4.79 Å². The standard InChI is InChI=1S/C21H28N4O2.ClH/c1-3-15-7-9-16(10-8-15)18-24-19(27-25-18)14(2)23-20(26)21-11-5-4-6-17(21)12-22-13-21;/h7-10,14,17,22H,3-6,11-13H2,1-2H3,(H,23,26);1H/t14?,17-,21+;/m0./s1. The van der Waals surface area contributed by atoms with Crippen LogP contribution in [-0.4, -0.2) is 29.1 Å². The first-order chi connectivity index (χ1) is 13.1. The molecule has 0 bridgehead atoms. The minimum Gasteiger partial charge on any atom is -0.344 e. The summed E-state index contributed by atoms with van der Waals surface area (Å²) in [6.45, 7) is 5.75. The van der Waals surface area contributed by atoms with Crippen LogP contribution in [0.5, 0.6) is 0 Å². The zero-order valence-corrected chi connectivity index (χ0v) is 17.3. The van der Waals surface area contributed by atoms with Gasteiger partial charge in [0.05, 0.1) is 5.41 Å². The monoisotopic (exact) mass is 404 g/mol. The number of halogens is 1. The minimum absolute atomic E-state index is 0. The van der Waals surface area contributed by atoms with Crippen molar-refractivity contribution >= 4 is 18.3 Å². The Balaban J connectivity index is 0.00000225. The van der Waals surface area contributed by atoms with Crippen molar-refractivity contribution < 1.29 is 9.32 Å². The van der Waals surface area contributed by atoms with Crippen molar-refractivity contribution in [2.24, 2.45) is 11.3 Å². The highest BCUT2D eigenvalue weighted by molar-refractivity contribution is 5.85. The number of fused-ring (bicyclic) bond motifs is 1. The van der Waals surface area contributed by atoms with Gasteiger partial charge in [0.1, 0.15) is 6.04 Å². The van der Waals surface area contributed by atoms with E-state index in [1.54, 1.807) is 0 Å². The van der Waals surface area contributed by atoms with Crippen molar-refractivity contribution in [3.05, 3.63) is 35.7 Å². The van der Waals surface area contributed by atoms with E-state index in [4.69, 9.17) is 4.52 Å². The molecule has 2 heterocycles. The summed E-state index contributed by atoms with van der Waals surface area (Å²) in [6, 6.07) is 7.86. The molecule has 1 aromatic heterocycles. The third-order valence-corrected chi connectivity index (χ3v) is 6.27. The predicted molar refractivity (Wildman–Crippen MR) is 110 cm³/mol. The number of amides is 1. The molecule has 1 saturated heterocycles. The van der Waals surface area contributed by atoms with Crippen LogP contribution in [0, 0.1) is 11.3 Å². The van der Waals surface area contributed by atoms with Crippen LogP contribution in [0.3, 0.4) is 0 Å². The number of hydrogen-bond acceptors (Lipinski definition) is 5. The van der Waals surface area contributed by atoms with Gasteiger partial charge < -0.3 is 15.2 Å². The summed E-state index contributed by atoms with van der Waals surface area (Å²) in [4.78, 5) is 17.6. The Bertz CT molecular complexity index is 807. The molecular formula is C21H29ClN4O2. The fourth-order valence-corrected chi connectivity index (χ4v) is 4.51.